The van der Waals surface area contributed by atoms with E-state index in [0.29, 0.717) is 0 Å². The smallest absolute Gasteiger partial charge is 0.330 e. The van der Waals surface area contributed by atoms with E-state index in [1.807, 2.05) is 15.1 Å². The van der Waals surface area contributed by atoms with Gasteiger partial charge in [-0.1, -0.05) is 13.2 Å². The van der Waals surface area contributed by atoms with Crippen molar-refractivity contribution in [2.45, 2.75) is 18.3 Å². The second kappa shape index (κ2) is 19.2. The number of esters is 2. The molecule has 15 heteroatoms. The molecule has 0 aliphatic rings. The molecule has 0 aromatic carbocycles. The first-order valence-corrected chi connectivity index (χ1v) is 17.7. The molecule has 5 atom stereocenters. The number of aliphatic hydroxyl groups is 1. The fraction of sp³-hybridized carbons (Fsp3) is 0.600. The first-order valence-electron chi connectivity index (χ1n) is 8.72. The van der Waals surface area contributed by atoms with Gasteiger partial charge in [0.05, 0.1) is 26.4 Å². The molecule has 0 saturated heterocycles. The minimum Gasteiger partial charge on any atom is -0.460 e. The number of hydrogen-bond acceptors (Lipinski definition) is 9. The van der Waals surface area contributed by atoms with Gasteiger partial charge in [-0.25, -0.2) is 9.59 Å². The van der Waals surface area contributed by atoms with Crippen LogP contribution in [-0.4, -0.2) is 90.1 Å². The summed E-state index contributed by atoms with van der Waals surface area (Å²) >= 11 is 4.34. The monoisotopic (exact) mass is 688 g/mol. The van der Waals surface area contributed by atoms with Gasteiger partial charge in [-0.15, -0.1) is 0 Å². The van der Waals surface area contributed by atoms with Crippen molar-refractivity contribution in [1.29, 1.82) is 0 Å². The third-order valence-corrected chi connectivity index (χ3v) is 5.51. The molecule has 30 heavy (non-hydrogen) atoms. The maximum Gasteiger partial charge on any atom is 0.330 e. The van der Waals surface area contributed by atoms with E-state index >= 15 is 0 Å². The zero-order valence-electron chi connectivity index (χ0n) is 16.9. The number of carbonyl (C=O) groups is 2. The molecule has 0 amide bonds. The predicted octanol–water partition coefficient (Wildman–Crippen LogP) is 1.20. The van der Waals surface area contributed by atoms with Gasteiger partial charge in [-0.3, -0.25) is 0 Å². The highest BCUT2D eigenvalue weighted by Gasteiger charge is 2.18. The summed E-state index contributed by atoms with van der Waals surface area (Å²) in [7, 11) is 3.86. The Hall–Kier alpha value is 0.670. The van der Waals surface area contributed by atoms with Crippen molar-refractivity contribution < 1.29 is 42.7 Å². The molecule has 0 saturated carbocycles. The standard InChI is InChI=1S/C15H26B2I2O9P2/c1-3-14(21)25-6-11(20)5-23-7-12(27-29(16)18)8-24-9-13(28-30(17)19)10-26-15(22)4-2/h3-4,11-13,20H,1-2,5-10,16-17H2. The van der Waals surface area contributed by atoms with Crippen molar-refractivity contribution in [3.63, 3.8) is 0 Å². The lowest BCUT2D eigenvalue weighted by Crippen LogP contribution is -2.31. The molecule has 0 aromatic rings. The number of rotatable bonds is 18. The number of aliphatic hydroxyl groups excluding tert-OH is 1. The van der Waals surface area contributed by atoms with Gasteiger partial charge in [0.1, 0.15) is 31.5 Å². The SMILES string of the molecule is BP(I)OC(COCC(O)COC(=O)C=C)COCC(COC(=O)C=C)OP(B)I. The fourth-order valence-corrected chi connectivity index (χ4v) is 4.81. The Labute approximate surface area is 207 Å². The summed E-state index contributed by atoms with van der Waals surface area (Å²) < 4.78 is 32.5. The van der Waals surface area contributed by atoms with E-state index in [0.717, 1.165) is 12.2 Å². The topological polar surface area (TPSA) is 110 Å². The van der Waals surface area contributed by atoms with Crippen molar-refractivity contribution >= 4 is 82.5 Å². The van der Waals surface area contributed by atoms with Crippen LogP contribution in [0.5, 0.6) is 0 Å². The molecular formula is C15H26B2I2O9P2. The van der Waals surface area contributed by atoms with E-state index in [1.54, 1.807) is 0 Å². The van der Waals surface area contributed by atoms with E-state index in [4.69, 9.17) is 28.0 Å². The molecule has 0 radical (unpaired) electrons. The highest BCUT2D eigenvalue weighted by Crippen LogP contribution is 2.42. The van der Waals surface area contributed by atoms with Gasteiger partial charge in [0.15, 0.2) is 15.1 Å². The van der Waals surface area contributed by atoms with Crippen LogP contribution in [0, 0.1) is 0 Å². The molecule has 9 nitrogen and oxygen atoms in total. The largest absolute Gasteiger partial charge is 0.460 e. The number of ether oxygens (including phenoxy) is 4. The maximum absolute atomic E-state index is 11.3. The minimum atomic E-state index is -0.956. The lowest BCUT2D eigenvalue weighted by Gasteiger charge is -2.23. The summed E-state index contributed by atoms with van der Waals surface area (Å²) in [4.78, 5) is 22.2. The van der Waals surface area contributed by atoms with Crippen LogP contribution < -0.4 is 0 Å². The second-order valence-electron chi connectivity index (χ2n) is 5.69. The molecule has 170 valence electrons. The maximum atomic E-state index is 11.3. The summed E-state index contributed by atoms with van der Waals surface area (Å²) in [5.41, 5.74) is -1.39. The summed E-state index contributed by atoms with van der Waals surface area (Å²) in [6.45, 7) is 7.12. The molecule has 5 unspecified atom stereocenters. The first-order chi connectivity index (χ1) is 14.2. The third-order valence-electron chi connectivity index (χ3n) is 2.97. The Morgan fingerprint density at radius 1 is 0.833 bits per heavy atom. The van der Waals surface area contributed by atoms with Crippen LogP contribution in [-0.2, 0) is 37.6 Å². The fourth-order valence-electron chi connectivity index (χ4n) is 1.81. The minimum absolute atomic E-state index is 0.0224. The van der Waals surface area contributed by atoms with E-state index in [1.165, 1.54) is 0 Å². The summed E-state index contributed by atoms with van der Waals surface area (Å²) in [6, 6.07) is 0. The van der Waals surface area contributed by atoms with Gasteiger partial charge in [-0.2, -0.15) is 0 Å². The summed E-state index contributed by atoms with van der Waals surface area (Å²) in [6.07, 6.45) is 0.388. The lowest BCUT2D eigenvalue weighted by molar-refractivity contribution is -0.142. The van der Waals surface area contributed by atoms with Crippen molar-refractivity contribution in [3.05, 3.63) is 25.3 Å². The van der Waals surface area contributed by atoms with Crippen LogP contribution in [0.25, 0.3) is 0 Å². The van der Waals surface area contributed by atoms with Crippen molar-refractivity contribution in [2.24, 2.45) is 0 Å². The zero-order chi connectivity index (χ0) is 22.9. The van der Waals surface area contributed by atoms with Gasteiger partial charge < -0.3 is 33.1 Å². The molecule has 0 heterocycles. The van der Waals surface area contributed by atoms with Gasteiger partial charge in [0.25, 0.3) is 0 Å². The molecule has 1 N–H and O–H groups in total. The summed E-state index contributed by atoms with van der Waals surface area (Å²) in [5, 5.41) is 9.78. The van der Waals surface area contributed by atoms with Crippen molar-refractivity contribution in [2.75, 3.05) is 39.6 Å². The van der Waals surface area contributed by atoms with Gasteiger partial charge >= 0.3 is 11.9 Å². The van der Waals surface area contributed by atoms with Crippen LogP contribution >= 0.6 is 55.4 Å². The van der Waals surface area contributed by atoms with Crippen LogP contribution in [0.2, 0.25) is 0 Å². The van der Waals surface area contributed by atoms with Crippen LogP contribution in [0.15, 0.2) is 25.3 Å². The Bertz CT molecular complexity index is 532. The molecule has 0 aliphatic carbocycles. The van der Waals surface area contributed by atoms with Crippen molar-refractivity contribution in [3.8, 4) is 0 Å². The van der Waals surface area contributed by atoms with E-state index < -0.39 is 35.5 Å². The summed E-state index contributed by atoms with van der Waals surface area (Å²) in [5.74, 6) is -1.13. The predicted molar refractivity (Wildman–Crippen MR) is 139 cm³/mol. The highest BCUT2D eigenvalue weighted by molar-refractivity contribution is 14.2. The van der Waals surface area contributed by atoms with Crippen molar-refractivity contribution in [1.82, 2.24) is 0 Å². The first kappa shape index (κ1) is 30.7. The lowest BCUT2D eigenvalue weighted by atomic mass is 10.3. The van der Waals surface area contributed by atoms with Gasteiger partial charge in [0.2, 0.25) is 0 Å². The zero-order valence-corrected chi connectivity index (χ0v) is 23.0. The van der Waals surface area contributed by atoms with Gasteiger partial charge in [-0.05, 0) is 44.1 Å². The molecule has 0 spiro atoms. The molecule has 0 rings (SSSR count). The second-order valence-corrected chi connectivity index (χ2v) is 15.9. The van der Waals surface area contributed by atoms with Crippen LogP contribution in [0.3, 0.4) is 0 Å². The average Bonchev–Trinajstić information content (AvgIpc) is 2.68. The normalized spacial score (nSPS) is 16.0. The number of hydrogen-bond donors (Lipinski definition) is 1. The third kappa shape index (κ3) is 18.3. The Morgan fingerprint density at radius 2 is 1.23 bits per heavy atom. The number of carbonyl (C=O) groups excluding carboxylic acids is 2. The molecule has 0 bridgehead atoms. The van der Waals surface area contributed by atoms with E-state index in [-0.39, 0.29) is 45.7 Å². The number of halogens is 2. The van der Waals surface area contributed by atoms with E-state index in [2.05, 4.69) is 57.2 Å². The average molecular weight is 688 g/mol. The van der Waals surface area contributed by atoms with Crippen LogP contribution in [0.1, 0.15) is 0 Å². The van der Waals surface area contributed by atoms with Crippen LogP contribution in [0.4, 0.5) is 0 Å². The Kier molecular flexibility index (Phi) is 19.6. The quantitative estimate of drug-likeness (QED) is 0.0748. The molecule has 0 fully saturated rings. The Balaban J connectivity index is 4.41. The van der Waals surface area contributed by atoms with E-state index in [9.17, 15) is 14.7 Å². The van der Waals surface area contributed by atoms with Gasteiger partial charge in [0, 0.05) is 23.5 Å². The highest BCUT2D eigenvalue weighted by atomic mass is 127. The molecular weight excluding hydrogens is 662 g/mol. The molecule has 0 aromatic heterocycles. The Morgan fingerprint density at radius 3 is 1.67 bits per heavy atom. The molecule has 0 aliphatic heterocycles.